The van der Waals surface area contributed by atoms with Crippen LogP contribution in [0.2, 0.25) is 0 Å². The summed E-state index contributed by atoms with van der Waals surface area (Å²) in [5, 5.41) is 0. The summed E-state index contributed by atoms with van der Waals surface area (Å²) in [5.74, 6) is 0. The third kappa shape index (κ3) is 3.30. The molecular formula is C8H10O3S. The van der Waals surface area contributed by atoms with Crippen molar-refractivity contribution in [2.75, 3.05) is 6.26 Å². The summed E-state index contributed by atoms with van der Waals surface area (Å²) in [7, 11) is -3.00. The summed E-state index contributed by atoms with van der Waals surface area (Å²) in [5.41, 5.74) is 0. The van der Waals surface area contributed by atoms with Crippen molar-refractivity contribution in [3.05, 3.63) is 30.3 Å². The third-order valence-corrected chi connectivity index (χ3v) is 2.30. The first-order valence-electron chi connectivity index (χ1n) is 3.15. The second-order valence-corrected chi connectivity index (χ2v) is 4.10. The fraction of sp³-hybridized carbons (Fsp3) is 0.125. The van der Waals surface area contributed by atoms with E-state index in [0.29, 0.717) is 4.90 Å². The Morgan fingerprint density at radius 1 is 1.08 bits per heavy atom. The predicted octanol–water partition coefficient (Wildman–Crippen LogP) is 0.905. The van der Waals surface area contributed by atoms with E-state index >= 15 is 0 Å². The van der Waals surface area contributed by atoms with Gasteiger partial charge in [0.25, 0.3) is 0 Å². The molecule has 0 aromatic heterocycles. The number of hydrogen-bond donors (Lipinski definition) is 0. The van der Waals surface area contributed by atoms with Crippen LogP contribution in [0.15, 0.2) is 35.2 Å². The Hall–Kier alpha value is -1.16. The SMILES string of the molecule is C=O.CS(=O)(=O)c1ccccc1. The van der Waals surface area contributed by atoms with Gasteiger partial charge in [0.2, 0.25) is 0 Å². The highest BCUT2D eigenvalue weighted by Crippen LogP contribution is 2.05. The second-order valence-electron chi connectivity index (χ2n) is 2.09. The molecule has 1 aromatic rings. The van der Waals surface area contributed by atoms with Crippen molar-refractivity contribution in [2.45, 2.75) is 4.90 Å². The van der Waals surface area contributed by atoms with Crippen LogP contribution in [0.5, 0.6) is 0 Å². The lowest BCUT2D eigenvalue weighted by Crippen LogP contribution is -1.95. The predicted molar refractivity (Wildman–Crippen MR) is 46.7 cm³/mol. The molecule has 0 fully saturated rings. The summed E-state index contributed by atoms with van der Waals surface area (Å²) in [4.78, 5) is 8.37. The lowest BCUT2D eigenvalue weighted by molar-refractivity contribution is -0.0979. The monoisotopic (exact) mass is 186 g/mol. The minimum atomic E-state index is -3.00. The Kier molecular flexibility index (Phi) is 4.21. The molecule has 0 spiro atoms. The van der Waals surface area contributed by atoms with Crippen molar-refractivity contribution in [3.63, 3.8) is 0 Å². The smallest absolute Gasteiger partial charge is 0.175 e. The Morgan fingerprint density at radius 2 is 1.50 bits per heavy atom. The average molecular weight is 186 g/mol. The molecule has 0 atom stereocenters. The van der Waals surface area contributed by atoms with Gasteiger partial charge < -0.3 is 4.79 Å². The molecule has 3 nitrogen and oxygen atoms in total. The average Bonchev–Trinajstić information content (AvgIpc) is 2.08. The first kappa shape index (κ1) is 10.8. The van der Waals surface area contributed by atoms with Gasteiger partial charge in [-0.15, -0.1) is 0 Å². The van der Waals surface area contributed by atoms with Gasteiger partial charge in [-0.1, -0.05) is 18.2 Å². The van der Waals surface area contributed by atoms with E-state index in [1.165, 1.54) is 6.26 Å². The van der Waals surface area contributed by atoms with Crippen LogP contribution in [0, 0.1) is 0 Å². The van der Waals surface area contributed by atoms with Crippen molar-refractivity contribution in [1.29, 1.82) is 0 Å². The van der Waals surface area contributed by atoms with E-state index in [9.17, 15) is 8.42 Å². The maximum absolute atomic E-state index is 10.8. The fourth-order valence-corrected chi connectivity index (χ4v) is 1.32. The molecule has 66 valence electrons. The topological polar surface area (TPSA) is 51.2 Å². The highest BCUT2D eigenvalue weighted by atomic mass is 32.2. The minimum absolute atomic E-state index is 0.370. The van der Waals surface area contributed by atoms with Gasteiger partial charge in [-0.3, -0.25) is 0 Å². The maximum Gasteiger partial charge on any atom is 0.175 e. The molecule has 0 amide bonds. The summed E-state index contributed by atoms with van der Waals surface area (Å²) in [6, 6.07) is 8.35. The van der Waals surface area contributed by atoms with Crippen LogP contribution in [0.25, 0.3) is 0 Å². The molecule has 0 saturated carbocycles. The van der Waals surface area contributed by atoms with Crippen LogP contribution in [0.4, 0.5) is 0 Å². The van der Waals surface area contributed by atoms with Crippen molar-refractivity contribution in [1.82, 2.24) is 0 Å². The number of benzene rings is 1. The van der Waals surface area contributed by atoms with E-state index in [4.69, 9.17) is 4.79 Å². The highest BCUT2D eigenvalue weighted by Gasteiger charge is 2.02. The van der Waals surface area contributed by atoms with Gasteiger partial charge in [0.1, 0.15) is 6.79 Å². The summed E-state index contributed by atoms with van der Waals surface area (Å²) < 4.78 is 21.7. The molecule has 0 bridgehead atoms. The zero-order chi connectivity index (χ0) is 9.61. The highest BCUT2D eigenvalue weighted by molar-refractivity contribution is 7.90. The van der Waals surface area contributed by atoms with E-state index in [0.717, 1.165) is 0 Å². The number of sulfone groups is 1. The first-order valence-corrected chi connectivity index (χ1v) is 5.04. The molecule has 0 radical (unpaired) electrons. The van der Waals surface area contributed by atoms with E-state index in [1.54, 1.807) is 30.3 Å². The van der Waals surface area contributed by atoms with E-state index < -0.39 is 9.84 Å². The second kappa shape index (κ2) is 4.66. The number of hydrogen-bond acceptors (Lipinski definition) is 3. The van der Waals surface area contributed by atoms with Gasteiger partial charge in [0.05, 0.1) is 4.90 Å². The molecule has 0 saturated heterocycles. The van der Waals surface area contributed by atoms with E-state index in [1.807, 2.05) is 6.79 Å². The van der Waals surface area contributed by atoms with Crippen LogP contribution in [0.3, 0.4) is 0 Å². The summed E-state index contributed by atoms with van der Waals surface area (Å²) in [6.07, 6.45) is 1.20. The van der Waals surface area contributed by atoms with Gasteiger partial charge in [0.15, 0.2) is 9.84 Å². The van der Waals surface area contributed by atoms with E-state index in [2.05, 4.69) is 0 Å². The van der Waals surface area contributed by atoms with Gasteiger partial charge in [-0.2, -0.15) is 0 Å². The molecule has 0 N–H and O–H groups in total. The zero-order valence-corrected chi connectivity index (χ0v) is 7.54. The molecule has 12 heavy (non-hydrogen) atoms. The van der Waals surface area contributed by atoms with Crippen LogP contribution < -0.4 is 0 Å². The third-order valence-electron chi connectivity index (χ3n) is 1.17. The summed E-state index contributed by atoms with van der Waals surface area (Å²) in [6.45, 7) is 2.00. The Balaban J connectivity index is 0.000000561. The lowest BCUT2D eigenvalue weighted by Gasteiger charge is -1.93. The number of carbonyl (C=O) groups excluding carboxylic acids is 1. The number of rotatable bonds is 1. The molecule has 0 unspecified atom stereocenters. The Morgan fingerprint density at radius 3 is 1.75 bits per heavy atom. The van der Waals surface area contributed by atoms with Crippen molar-refractivity contribution >= 4 is 16.6 Å². The number of carbonyl (C=O) groups is 1. The molecule has 1 aromatic carbocycles. The molecule has 0 heterocycles. The molecule has 0 aliphatic carbocycles. The Bertz CT molecular complexity index is 315. The van der Waals surface area contributed by atoms with Crippen molar-refractivity contribution in [3.8, 4) is 0 Å². The normalized spacial score (nSPS) is 9.75. The van der Waals surface area contributed by atoms with Crippen LogP contribution in [-0.2, 0) is 14.6 Å². The molecule has 0 aliphatic rings. The van der Waals surface area contributed by atoms with Crippen molar-refractivity contribution < 1.29 is 13.2 Å². The Labute approximate surface area is 72.0 Å². The summed E-state index contributed by atoms with van der Waals surface area (Å²) >= 11 is 0. The van der Waals surface area contributed by atoms with Crippen LogP contribution >= 0.6 is 0 Å². The van der Waals surface area contributed by atoms with E-state index in [-0.39, 0.29) is 0 Å². The quantitative estimate of drug-likeness (QED) is 0.655. The van der Waals surface area contributed by atoms with Gasteiger partial charge in [-0.05, 0) is 12.1 Å². The standard InChI is InChI=1S/C7H8O2S.CH2O/c1-10(8,9)7-5-3-2-4-6-7;1-2/h2-6H,1H3;1H2. The minimum Gasteiger partial charge on any atom is -0.307 e. The van der Waals surface area contributed by atoms with Crippen LogP contribution in [-0.4, -0.2) is 21.5 Å². The van der Waals surface area contributed by atoms with Crippen molar-refractivity contribution in [2.24, 2.45) is 0 Å². The van der Waals surface area contributed by atoms with Gasteiger partial charge >= 0.3 is 0 Å². The van der Waals surface area contributed by atoms with Gasteiger partial charge in [0, 0.05) is 6.26 Å². The zero-order valence-electron chi connectivity index (χ0n) is 6.73. The maximum atomic E-state index is 10.8. The molecule has 0 aliphatic heterocycles. The molecule has 1 rings (SSSR count). The van der Waals surface area contributed by atoms with Gasteiger partial charge in [-0.25, -0.2) is 8.42 Å². The molecule has 4 heteroatoms. The molecular weight excluding hydrogens is 176 g/mol. The fourth-order valence-electron chi connectivity index (χ4n) is 0.668. The lowest BCUT2D eigenvalue weighted by atomic mass is 10.4. The first-order chi connectivity index (χ1) is 5.61. The largest absolute Gasteiger partial charge is 0.307 e. The van der Waals surface area contributed by atoms with Crippen LogP contribution in [0.1, 0.15) is 0 Å².